The zero-order chi connectivity index (χ0) is 31.2. The molecular formula is C45H30N2. The van der Waals surface area contributed by atoms with Gasteiger partial charge in [0.15, 0.2) is 5.82 Å². The Labute approximate surface area is 274 Å². The molecule has 1 aliphatic carbocycles. The minimum atomic E-state index is -0.483. The maximum Gasteiger partial charge on any atom is 0.160 e. The molecule has 0 N–H and O–H groups in total. The summed E-state index contributed by atoms with van der Waals surface area (Å²) in [5, 5.41) is 2.53. The number of rotatable bonds is 5. The molecule has 9 rings (SSSR count). The van der Waals surface area contributed by atoms with Crippen LogP contribution in [0.3, 0.4) is 0 Å². The summed E-state index contributed by atoms with van der Waals surface area (Å²) in [6, 6.07) is 65.1. The van der Waals surface area contributed by atoms with Crippen LogP contribution in [0, 0.1) is 0 Å². The van der Waals surface area contributed by atoms with Gasteiger partial charge in [-0.15, -0.1) is 0 Å². The summed E-state index contributed by atoms with van der Waals surface area (Å²) in [4.78, 5) is 10.1. The SMILES string of the molecule is c1ccc(-c2cc(-c3ccc(C4(c5ccccc5)c5ccccc5-c5ccc6ccccc6c54)cc3)nc(-c3ccccc3)n2)cc1. The first-order valence-electron chi connectivity index (χ1n) is 16.1. The summed E-state index contributed by atoms with van der Waals surface area (Å²) >= 11 is 0. The second kappa shape index (κ2) is 11.0. The van der Waals surface area contributed by atoms with Crippen molar-refractivity contribution in [3.05, 3.63) is 204 Å². The van der Waals surface area contributed by atoms with E-state index in [2.05, 4.69) is 158 Å². The highest BCUT2D eigenvalue weighted by Crippen LogP contribution is 2.58. The molecule has 0 spiro atoms. The van der Waals surface area contributed by atoms with Crippen LogP contribution in [0.25, 0.3) is 55.8 Å². The predicted octanol–water partition coefficient (Wildman–Crippen LogP) is 11.0. The van der Waals surface area contributed by atoms with Crippen LogP contribution in [0.5, 0.6) is 0 Å². The van der Waals surface area contributed by atoms with Crippen molar-refractivity contribution in [2.75, 3.05) is 0 Å². The van der Waals surface area contributed by atoms with E-state index in [0.29, 0.717) is 0 Å². The molecule has 2 heteroatoms. The van der Waals surface area contributed by atoms with Crippen LogP contribution in [0.4, 0.5) is 0 Å². The summed E-state index contributed by atoms with van der Waals surface area (Å²) in [5.41, 5.74) is 12.2. The molecule has 1 aromatic heterocycles. The lowest BCUT2D eigenvalue weighted by Crippen LogP contribution is -2.28. The lowest BCUT2D eigenvalue weighted by atomic mass is 9.66. The van der Waals surface area contributed by atoms with Crippen molar-refractivity contribution in [1.82, 2.24) is 9.97 Å². The van der Waals surface area contributed by atoms with Gasteiger partial charge < -0.3 is 0 Å². The molecule has 0 amide bonds. The fraction of sp³-hybridized carbons (Fsp3) is 0.0222. The molecule has 0 radical (unpaired) electrons. The normalized spacial score (nSPS) is 14.9. The molecule has 0 bridgehead atoms. The van der Waals surface area contributed by atoms with Gasteiger partial charge in [-0.05, 0) is 50.2 Å². The molecule has 1 unspecified atom stereocenters. The Morgan fingerprint density at radius 2 is 0.936 bits per heavy atom. The molecule has 2 nitrogen and oxygen atoms in total. The summed E-state index contributed by atoms with van der Waals surface area (Å²) in [6.45, 7) is 0. The largest absolute Gasteiger partial charge is 0.228 e. The van der Waals surface area contributed by atoms with E-state index < -0.39 is 5.41 Å². The fourth-order valence-electron chi connectivity index (χ4n) is 7.49. The van der Waals surface area contributed by atoms with Gasteiger partial charge >= 0.3 is 0 Å². The van der Waals surface area contributed by atoms with Crippen molar-refractivity contribution in [2.24, 2.45) is 0 Å². The standard InChI is InChI=1S/C45H30N2/c1-4-15-32(16-5-1)41-30-42(47-44(46-41)34-17-6-2-7-18-34)33-24-27-36(28-25-33)45(35-19-8-3-9-20-35)40-23-13-12-22-38(40)39-29-26-31-14-10-11-21-37(31)43(39)45/h1-30H. The zero-order valence-electron chi connectivity index (χ0n) is 25.7. The summed E-state index contributed by atoms with van der Waals surface area (Å²) in [7, 11) is 0. The van der Waals surface area contributed by atoms with Crippen LogP contribution in [0.2, 0.25) is 0 Å². The fourth-order valence-corrected chi connectivity index (χ4v) is 7.49. The minimum Gasteiger partial charge on any atom is -0.228 e. The maximum absolute atomic E-state index is 5.10. The molecule has 0 aliphatic heterocycles. The highest BCUT2D eigenvalue weighted by Gasteiger charge is 2.47. The van der Waals surface area contributed by atoms with Crippen molar-refractivity contribution in [2.45, 2.75) is 5.41 Å². The maximum atomic E-state index is 5.10. The summed E-state index contributed by atoms with van der Waals surface area (Å²) in [6.07, 6.45) is 0. The summed E-state index contributed by atoms with van der Waals surface area (Å²) < 4.78 is 0. The molecule has 0 fully saturated rings. The van der Waals surface area contributed by atoms with Crippen LogP contribution >= 0.6 is 0 Å². The topological polar surface area (TPSA) is 25.8 Å². The molecule has 0 saturated carbocycles. The molecular weight excluding hydrogens is 569 g/mol. The number of hydrogen-bond donors (Lipinski definition) is 0. The molecule has 7 aromatic carbocycles. The number of fused-ring (bicyclic) bond motifs is 5. The third-order valence-electron chi connectivity index (χ3n) is 9.57. The minimum absolute atomic E-state index is 0.483. The number of hydrogen-bond acceptors (Lipinski definition) is 2. The van der Waals surface area contributed by atoms with Crippen molar-refractivity contribution < 1.29 is 0 Å². The Bertz CT molecular complexity index is 2320. The molecule has 47 heavy (non-hydrogen) atoms. The van der Waals surface area contributed by atoms with Gasteiger partial charge in [0.25, 0.3) is 0 Å². The van der Waals surface area contributed by atoms with Gasteiger partial charge in [-0.1, -0.05) is 176 Å². The highest BCUT2D eigenvalue weighted by molar-refractivity contribution is 6.00. The van der Waals surface area contributed by atoms with E-state index in [1.54, 1.807) is 0 Å². The second-order valence-corrected chi connectivity index (χ2v) is 12.1. The van der Waals surface area contributed by atoms with Crippen molar-refractivity contribution in [1.29, 1.82) is 0 Å². The molecule has 1 atom stereocenters. The van der Waals surface area contributed by atoms with E-state index in [1.807, 2.05) is 24.3 Å². The smallest absolute Gasteiger partial charge is 0.160 e. The molecule has 1 heterocycles. The monoisotopic (exact) mass is 598 g/mol. The van der Waals surface area contributed by atoms with Crippen LogP contribution in [-0.4, -0.2) is 9.97 Å². The van der Waals surface area contributed by atoms with Gasteiger partial charge in [-0.2, -0.15) is 0 Å². The molecule has 220 valence electrons. The van der Waals surface area contributed by atoms with Gasteiger partial charge in [-0.3, -0.25) is 0 Å². The lowest BCUT2D eigenvalue weighted by Gasteiger charge is -2.34. The van der Waals surface area contributed by atoms with E-state index in [-0.39, 0.29) is 0 Å². The molecule has 1 aliphatic rings. The average Bonchev–Trinajstić information content (AvgIpc) is 3.47. The van der Waals surface area contributed by atoms with Crippen LogP contribution in [0.15, 0.2) is 182 Å². The zero-order valence-corrected chi connectivity index (χ0v) is 25.7. The van der Waals surface area contributed by atoms with E-state index >= 15 is 0 Å². The van der Waals surface area contributed by atoms with Gasteiger partial charge in [0.05, 0.1) is 16.8 Å². The van der Waals surface area contributed by atoms with Crippen molar-refractivity contribution >= 4 is 10.8 Å². The first kappa shape index (κ1) is 27.2. The quantitative estimate of drug-likeness (QED) is 0.197. The Morgan fingerprint density at radius 1 is 0.383 bits per heavy atom. The molecule has 0 saturated heterocycles. The van der Waals surface area contributed by atoms with Crippen LogP contribution in [0.1, 0.15) is 22.3 Å². The number of aromatic nitrogens is 2. The third kappa shape index (κ3) is 4.34. The number of benzene rings is 7. The predicted molar refractivity (Wildman–Crippen MR) is 193 cm³/mol. The van der Waals surface area contributed by atoms with Crippen molar-refractivity contribution in [3.8, 4) is 45.0 Å². The Morgan fingerprint density at radius 3 is 1.66 bits per heavy atom. The Hall–Kier alpha value is -6.12. The van der Waals surface area contributed by atoms with Crippen LogP contribution in [-0.2, 0) is 5.41 Å². The third-order valence-corrected chi connectivity index (χ3v) is 9.57. The van der Waals surface area contributed by atoms with Crippen LogP contribution < -0.4 is 0 Å². The first-order chi connectivity index (χ1) is 23.3. The Kier molecular flexibility index (Phi) is 6.39. The first-order valence-corrected chi connectivity index (χ1v) is 16.1. The Balaban J connectivity index is 1.27. The number of nitrogens with zero attached hydrogens (tertiary/aromatic N) is 2. The average molecular weight is 599 g/mol. The van der Waals surface area contributed by atoms with Gasteiger partial charge in [0.2, 0.25) is 0 Å². The van der Waals surface area contributed by atoms with Crippen molar-refractivity contribution in [3.63, 3.8) is 0 Å². The van der Waals surface area contributed by atoms with E-state index in [1.165, 1.54) is 44.2 Å². The highest BCUT2D eigenvalue weighted by atomic mass is 14.9. The van der Waals surface area contributed by atoms with Gasteiger partial charge in [0, 0.05) is 16.7 Å². The second-order valence-electron chi connectivity index (χ2n) is 12.1. The van der Waals surface area contributed by atoms with E-state index in [0.717, 1.165) is 33.9 Å². The lowest BCUT2D eigenvalue weighted by molar-refractivity contribution is 0.775. The van der Waals surface area contributed by atoms with E-state index in [9.17, 15) is 0 Å². The van der Waals surface area contributed by atoms with Gasteiger partial charge in [0.1, 0.15) is 0 Å². The van der Waals surface area contributed by atoms with E-state index in [4.69, 9.17) is 9.97 Å². The summed E-state index contributed by atoms with van der Waals surface area (Å²) in [5.74, 6) is 0.719. The van der Waals surface area contributed by atoms with Gasteiger partial charge in [-0.25, -0.2) is 9.97 Å². The molecule has 8 aromatic rings.